The third-order valence-electron chi connectivity index (χ3n) is 3.96. The van der Waals surface area contributed by atoms with Crippen molar-refractivity contribution in [2.24, 2.45) is 5.92 Å². The number of hydrogen-bond donors (Lipinski definition) is 0. The second-order valence-corrected chi connectivity index (χ2v) is 6.41. The molecule has 1 atom stereocenters. The van der Waals surface area contributed by atoms with Crippen LogP contribution in [0, 0.1) is 5.92 Å². The molecule has 0 radical (unpaired) electrons. The number of aryl methyl sites for hydroxylation is 1. The lowest BCUT2D eigenvalue weighted by Gasteiger charge is -2.32. The number of ether oxygens (including phenoxy) is 1. The predicted molar refractivity (Wildman–Crippen MR) is 83.7 cm³/mol. The molecule has 112 valence electrons. The van der Waals surface area contributed by atoms with Crippen LogP contribution in [-0.2, 0) is 16.0 Å². The van der Waals surface area contributed by atoms with Crippen LogP contribution in [0.3, 0.4) is 0 Å². The maximum absolute atomic E-state index is 11.8. The van der Waals surface area contributed by atoms with Crippen molar-refractivity contribution < 1.29 is 9.53 Å². The van der Waals surface area contributed by atoms with E-state index in [0.29, 0.717) is 6.54 Å². The SMILES string of the molecule is CCc1cc2c(N3CCC[C@@H](C(=O)OC)C3)ncnc2s1. The number of piperidine rings is 1. The smallest absolute Gasteiger partial charge is 0.310 e. The Morgan fingerprint density at radius 3 is 3.14 bits per heavy atom. The first-order chi connectivity index (χ1) is 10.2. The summed E-state index contributed by atoms with van der Waals surface area (Å²) in [4.78, 5) is 25.1. The molecule has 1 aliphatic heterocycles. The van der Waals surface area contributed by atoms with Crippen LogP contribution in [0.5, 0.6) is 0 Å². The van der Waals surface area contributed by atoms with E-state index in [1.54, 1.807) is 17.7 Å². The molecule has 6 heteroatoms. The molecular formula is C15H19N3O2S. The second kappa shape index (κ2) is 5.97. The number of aromatic nitrogens is 2. The molecule has 1 aliphatic rings. The number of fused-ring (bicyclic) bond motifs is 1. The average molecular weight is 305 g/mol. The Morgan fingerprint density at radius 2 is 2.38 bits per heavy atom. The number of nitrogens with zero attached hydrogens (tertiary/aromatic N) is 3. The topological polar surface area (TPSA) is 55.3 Å². The molecule has 0 N–H and O–H groups in total. The van der Waals surface area contributed by atoms with Gasteiger partial charge in [0, 0.05) is 18.0 Å². The van der Waals surface area contributed by atoms with E-state index in [2.05, 4.69) is 27.9 Å². The molecule has 3 rings (SSSR count). The van der Waals surface area contributed by atoms with Crippen LogP contribution in [-0.4, -0.2) is 36.1 Å². The second-order valence-electron chi connectivity index (χ2n) is 5.29. The van der Waals surface area contributed by atoms with Crippen LogP contribution in [0.2, 0.25) is 0 Å². The van der Waals surface area contributed by atoms with Crippen molar-refractivity contribution in [2.75, 3.05) is 25.1 Å². The standard InChI is InChI=1S/C15H19N3O2S/c1-3-11-7-12-13(16-9-17-14(12)21-11)18-6-4-5-10(8-18)15(19)20-2/h7,9-10H,3-6,8H2,1-2H3/t10-/m1/s1. The highest BCUT2D eigenvalue weighted by molar-refractivity contribution is 7.18. The van der Waals surface area contributed by atoms with E-state index < -0.39 is 0 Å². The Balaban J connectivity index is 1.92. The van der Waals surface area contributed by atoms with Crippen LogP contribution >= 0.6 is 11.3 Å². The van der Waals surface area contributed by atoms with Gasteiger partial charge in [0.25, 0.3) is 0 Å². The van der Waals surface area contributed by atoms with Crippen molar-refractivity contribution in [1.82, 2.24) is 9.97 Å². The molecule has 0 amide bonds. The first-order valence-corrected chi connectivity index (χ1v) is 8.10. The van der Waals surface area contributed by atoms with Crippen LogP contribution in [0.15, 0.2) is 12.4 Å². The summed E-state index contributed by atoms with van der Waals surface area (Å²) in [6.07, 6.45) is 4.50. The van der Waals surface area contributed by atoms with Gasteiger partial charge in [-0.3, -0.25) is 4.79 Å². The van der Waals surface area contributed by atoms with Crippen molar-refractivity contribution in [1.29, 1.82) is 0 Å². The minimum Gasteiger partial charge on any atom is -0.469 e. The number of anilines is 1. The fourth-order valence-corrected chi connectivity index (χ4v) is 3.78. The first-order valence-electron chi connectivity index (χ1n) is 7.29. The van der Waals surface area contributed by atoms with Crippen molar-refractivity contribution in [3.05, 3.63) is 17.3 Å². The molecule has 0 bridgehead atoms. The molecule has 0 aromatic carbocycles. The molecule has 0 unspecified atom stereocenters. The quantitative estimate of drug-likeness (QED) is 0.816. The molecule has 1 saturated heterocycles. The zero-order chi connectivity index (χ0) is 14.8. The number of thiophene rings is 1. The van der Waals surface area contributed by atoms with Gasteiger partial charge >= 0.3 is 5.97 Å². The zero-order valence-electron chi connectivity index (χ0n) is 12.3. The van der Waals surface area contributed by atoms with Crippen LogP contribution in [0.1, 0.15) is 24.6 Å². The molecule has 1 fully saturated rings. The normalized spacial score (nSPS) is 19.0. The highest BCUT2D eigenvalue weighted by Gasteiger charge is 2.28. The summed E-state index contributed by atoms with van der Waals surface area (Å²) in [5, 5.41) is 1.10. The van der Waals surface area contributed by atoms with Crippen LogP contribution < -0.4 is 4.90 Å². The fraction of sp³-hybridized carbons (Fsp3) is 0.533. The number of rotatable bonds is 3. The van der Waals surface area contributed by atoms with Crippen molar-refractivity contribution in [3.63, 3.8) is 0 Å². The summed E-state index contributed by atoms with van der Waals surface area (Å²) >= 11 is 1.72. The Hall–Kier alpha value is -1.69. The Morgan fingerprint density at radius 1 is 1.52 bits per heavy atom. The molecule has 2 aromatic rings. The molecule has 2 aromatic heterocycles. The first kappa shape index (κ1) is 14.3. The van der Waals surface area contributed by atoms with Gasteiger partial charge < -0.3 is 9.64 Å². The summed E-state index contributed by atoms with van der Waals surface area (Å²) in [6.45, 7) is 3.75. The van der Waals surface area contributed by atoms with E-state index in [4.69, 9.17) is 4.74 Å². The summed E-state index contributed by atoms with van der Waals surface area (Å²) < 4.78 is 4.89. The summed E-state index contributed by atoms with van der Waals surface area (Å²) in [6, 6.07) is 2.18. The van der Waals surface area contributed by atoms with Gasteiger partial charge in [-0.2, -0.15) is 0 Å². The predicted octanol–water partition coefficient (Wildman–Crippen LogP) is 2.64. The fourth-order valence-electron chi connectivity index (χ4n) is 2.85. The number of carbonyl (C=O) groups is 1. The number of methoxy groups -OCH3 is 1. The molecule has 3 heterocycles. The van der Waals surface area contributed by atoms with Gasteiger partial charge in [0.05, 0.1) is 18.4 Å². The zero-order valence-corrected chi connectivity index (χ0v) is 13.2. The molecule has 0 saturated carbocycles. The lowest BCUT2D eigenvalue weighted by atomic mass is 9.98. The Bertz CT molecular complexity index is 655. The third kappa shape index (κ3) is 2.72. The van der Waals surface area contributed by atoms with Crippen molar-refractivity contribution in [3.8, 4) is 0 Å². The molecule has 5 nitrogen and oxygen atoms in total. The van der Waals surface area contributed by atoms with E-state index in [0.717, 1.165) is 41.8 Å². The lowest BCUT2D eigenvalue weighted by Crippen LogP contribution is -2.39. The van der Waals surface area contributed by atoms with Gasteiger partial charge in [0.15, 0.2) is 0 Å². The van der Waals surface area contributed by atoms with Gasteiger partial charge in [0.1, 0.15) is 17.0 Å². The van der Waals surface area contributed by atoms with Crippen molar-refractivity contribution in [2.45, 2.75) is 26.2 Å². The number of esters is 1. The molecule has 0 spiro atoms. The highest BCUT2D eigenvalue weighted by Crippen LogP contribution is 2.32. The van der Waals surface area contributed by atoms with E-state index >= 15 is 0 Å². The molecule has 21 heavy (non-hydrogen) atoms. The monoisotopic (exact) mass is 305 g/mol. The summed E-state index contributed by atoms with van der Waals surface area (Å²) in [5.41, 5.74) is 0. The summed E-state index contributed by atoms with van der Waals surface area (Å²) in [7, 11) is 1.45. The largest absolute Gasteiger partial charge is 0.469 e. The minimum atomic E-state index is -0.121. The number of carbonyl (C=O) groups excluding carboxylic acids is 1. The van der Waals surface area contributed by atoms with Gasteiger partial charge in [-0.05, 0) is 25.3 Å². The molecule has 0 aliphatic carbocycles. The Kier molecular flexibility index (Phi) is 4.05. The van der Waals surface area contributed by atoms with Crippen LogP contribution in [0.25, 0.3) is 10.2 Å². The highest BCUT2D eigenvalue weighted by atomic mass is 32.1. The summed E-state index contributed by atoms with van der Waals surface area (Å²) in [5.74, 6) is 0.771. The van der Waals surface area contributed by atoms with E-state index in [1.165, 1.54) is 12.0 Å². The van der Waals surface area contributed by atoms with Gasteiger partial charge in [0.2, 0.25) is 0 Å². The minimum absolute atomic E-state index is 0.0574. The van der Waals surface area contributed by atoms with E-state index in [9.17, 15) is 4.79 Å². The molecular weight excluding hydrogens is 286 g/mol. The maximum atomic E-state index is 11.8. The van der Waals surface area contributed by atoms with Gasteiger partial charge in [-0.1, -0.05) is 6.92 Å². The number of hydrogen-bond acceptors (Lipinski definition) is 6. The van der Waals surface area contributed by atoms with E-state index in [1.807, 2.05) is 0 Å². The lowest BCUT2D eigenvalue weighted by molar-refractivity contribution is -0.145. The van der Waals surface area contributed by atoms with Crippen molar-refractivity contribution >= 4 is 33.3 Å². The van der Waals surface area contributed by atoms with Crippen LogP contribution in [0.4, 0.5) is 5.82 Å². The van der Waals surface area contributed by atoms with E-state index in [-0.39, 0.29) is 11.9 Å². The maximum Gasteiger partial charge on any atom is 0.310 e. The van der Waals surface area contributed by atoms with Gasteiger partial charge in [-0.15, -0.1) is 11.3 Å². The Labute approximate surface area is 128 Å². The average Bonchev–Trinajstić information content (AvgIpc) is 2.97. The van der Waals surface area contributed by atoms with Gasteiger partial charge in [-0.25, -0.2) is 9.97 Å². The third-order valence-corrected chi connectivity index (χ3v) is 5.15.